The van der Waals surface area contributed by atoms with Crippen LogP contribution in [-0.2, 0) is 0 Å². The predicted octanol–water partition coefficient (Wildman–Crippen LogP) is 2.53. The van der Waals surface area contributed by atoms with E-state index in [1.54, 1.807) is 0 Å². The average molecular weight is 239 g/mol. The number of aromatic nitrogens is 1. The van der Waals surface area contributed by atoms with Crippen LogP contribution in [0.25, 0.3) is 10.9 Å². The second kappa shape index (κ2) is 4.33. The van der Waals surface area contributed by atoms with Crippen molar-refractivity contribution in [2.24, 2.45) is 11.7 Å². The lowest BCUT2D eigenvalue weighted by Crippen LogP contribution is -2.21. The number of nitrogens with two attached hydrogens (primary N) is 1. The molecule has 0 aliphatic carbocycles. The minimum Gasteiger partial charge on any atom is -0.402 e. The average Bonchev–Trinajstić information content (AvgIpc) is 2.88. The van der Waals surface area contributed by atoms with Gasteiger partial charge in [0.25, 0.3) is 0 Å². The summed E-state index contributed by atoms with van der Waals surface area (Å²) in [7, 11) is 0. The number of pyridine rings is 1. The van der Waals surface area contributed by atoms with Gasteiger partial charge in [-0.05, 0) is 24.6 Å². The molecule has 1 aromatic heterocycles. The van der Waals surface area contributed by atoms with Gasteiger partial charge in [0, 0.05) is 42.0 Å². The van der Waals surface area contributed by atoms with Crippen LogP contribution < -0.4 is 10.6 Å². The van der Waals surface area contributed by atoms with E-state index in [2.05, 4.69) is 40.7 Å². The number of benzene rings is 1. The summed E-state index contributed by atoms with van der Waals surface area (Å²) < 4.78 is 0. The first-order valence-electron chi connectivity index (χ1n) is 6.28. The van der Waals surface area contributed by atoms with Gasteiger partial charge in [0.15, 0.2) is 0 Å². The molecular weight excluding hydrogens is 222 g/mol. The van der Waals surface area contributed by atoms with Crippen LogP contribution >= 0.6 is 0 Å². The molecule has 1 saturated heterocycles. The molecule has 2 N–H and O–H groups in total. The summed E-state index contributed by atoms with van der Waals surface area (Å²) >= 11 is 0. The third-order valence-electron chi connectivity index (χ3n) is 3.67. The topological polar surface area (TPSA) is 42.1 Å². The Balaban J connectivity index is 1.89. The van der Waals surface area contributed by atoms with E-state index in [-0.39, 0.29) is 0 Å². The Morgan fingerprint density at radius 3 is 3.06 bits per heavy atom. The maximum Gasteiger partial charge on any atom is 0.0722 e. The molecule has 18 heavy (non-hydrogen) atoms. The minimum atomic E-state index is 0.421. The van der Waals surface area contributed by atoms with E-state index in [1.165, 1.54) is 11.1 Å². The molecule has 3 nitrogen and oxygen atoms in total. The first kappa shape index (κ1) is 11.1. The van der Waals surface area contributed by atoms with Crippen molar-refractivity contribution in [3.8, 4) is 0 Å². The van der Waals surface area contributed by atoms with Crippen molar-refractivity contribution in [2.45, 2.75) is 6.42 Å². The van der Waals surface area contributed by atoms with E-state index in [0.29, 0.717) is 5.92 Å². The highest BCUT2D eigenvalue weighted by atomic mass is 15.2. The molecule has 1 unspecified atom stereocenters. The van der Waals surface area contributed by atoms with Gasteiger partial charge in [-0.25, -0.2) is 0 Å². The van der Waals surface area contributed by atoms with Crippen LogP contribution in [0.3, 0.4) is 0 Å². The first-order valence-corrected chi connectivity index (χ1v) is 6.28. The number of hydrogen-bond acceptors (Lipinski definition) is 3. The zero-order valence-corrected chi connectivity index (χ0v) is 10.3. The normalized spacial score (nSPS) is 19.3. The molecule has 92 valence electrons. The van der Waals surface area contributed by atoms with Crippen molar-refractivity contribution in [3.05, 3.63) is 48.8 Å². The smallest absolute Gasteiger partial charge is 0.0722 e. The monoisotopic (exact) mass is 239 g/mol. The number of nitrogens with zero attached hydrogens (tertiary/aromatic N) is 2. The Morgan fingerprint density at radius 2 is 2.28 bits per heavy atom. The second-order valence-electron chi connectivity index (χ2n) is 4.89. The van der Waals surface area contributed by atoms with Crippen molar-refractivity contribution in [1.82, 2.24) is 4.98 Å². The summed E-state index contributed by atoms with van der Waals surface area (Å²) in [6, 6.07) is 10.5. The van der Waals surface area contributed by atoms with Crippen LogP contribution in [0.5, 0.6) is 0 Å². The molecule has 0 spiro atoms. The Hall–Kier alpha value is -2.03. The summed E-state index contributed by atoms with van der Waals surface area (Å²) in [6.07, 6.45) is 2.93. The molecule has 3 rings (SSSR count). The van der Waals surface area contributed by atoms with Gasteiger partial charge >= 0.3 is 0 Å². The van der Waals surface area contributed by atoms with Crippen LogP contribution in [-0.4, -0.2) is 18.1 Å². The zero-order chi connectivity index (χ0) is 12.5. The van der Waals surface area contributed by atoms with Gasteiger partial charge in [-0.2, -0.15) is 0 Å². The molecular formula is C15H17N3. The molecule has 0 saturated carbocycles. The molecule has 2 aromatic rings. The zero-order valence-electron chi connectivity index (χ0n) is 10.3. The lowest BCUT2D eigenvalue weighted by Gasteiger charge is -2.19. The molecule has 1 fully saturated rings. The van der Waals surface area contributed by atoms with Gasteiger partial charge in [0.05, 0.1) is 5.52 Å². The highest BCUT2D eigenvalue weighted by Gasteiger charge is 2.23. The van der Waals surface area contributed by atoms with Crippen molar-refractivity contribution < 1.29 is 0 Å². The molecule has 1 aromatic carbocycles. The van der Waals surface area contributed by atoms with Crippen LogP contribution in [0.4, 0.5) is 5.69 Å². The van der Waals surface area contributed by atoms with Crippen molar-refractivity contribution in [1.29, 1.82) is 0 Å². The van der Waals surface area contributed by atoms with E-state index in [0.717, 1.165) is 30.7 Å². The number of hydrogen-bond donors (Lipinski definition) is 1. The second-order valence-corrected chi connectivity index (χ2v) is 4.89. The van der Waals surface area contributed by atoms with Gasteiger partial charge in [0.1, 0.15) is 0 Å². The van der Waals surface area contributed by atoms with Crippen LogP contribution in [0.2, 0.25) is 0 Å². The van der Waals surface area contributed by atoms with Crippen LogP contribution in [0.1, 0.15) is 6.42 Å². The van der Waals surface area contributed by atoms with Crippen molar-refractivity contribution >= 4 is 16.6 Å². The molecule has 0 bridgehead atoms. The Morgan fingerprint density at radius 1 is 1.39 bits per heavy atom. The molecule has 2 heterocycles. The van der Waals surface area contributed by atoms with E-state index in [9.17, 15) is 0 Å². The Labute approximate surface area is 107 Å². The van der Waals surface area contributed by atoms with Gasteiger partial charge in [-0.1, -0.05) is 18.7 Å². The lowest BCUT2D eigenvalue weighted by molar-refractivity contribution is 0.684. The molecule has 1 aliphatic heterocycles. The summed E-state index contributed by atoms with van der Waals surface area (Å²) in [6.45, 7) is 5.86. The molecule has 1 atom stereocenters. The maximum atomic E-state index is 5.80. The van der Waals surface area contributed by atoms with E-state index in [4.69, 9.17) is 5.73 Å². The number of fused-ring (bicyclic) bond motifs is 1. The molecule has 3 heteroatoms. The predicted molar refractivity (Wildman–Crippen MR) is 75.4 cm³/mol. The van der Waals surface area contributed by atoms with Crippen LogP contribution in [0, 0.1) is 5.92 Å². The van der Waals surface area contributed by atoms with Gasteiger partial charge in [0.2, 0.25) is 0 Å². The summed E-state index contributed by atoms with van der Waals surface area (Å²) in [4.78, 5) is 6.76. The molecule has 0 radical (unpaired) electrons. The first-order chi connectivity index (χ1) is 8.74. The Kier molecular flexibility index (Phi) is 2.67. The SMILES string of the molecule is C=C(N)C1CCN(c2ccc3cccnc3c2)C1. The number of rotatable bonds is 2. The fourth-order valence-corrected chi connectivity index (χ4v) is 2.55. The van der Waals surface area contributed by atoms with Crippen molar-refractivity contribution in [3.63, 3.8) is 0 Å². The van der Waals surface area contributed by atoms with E-state index < -0.39 is 0 Å². The third kappa shape index (κ3) is 1.92. The largest absolute Gasteiger partial charge is 0.402 e. The standard InChI is InChI=1S/C15H17N3/c1-11(16)13-6-8-18(10-13)14-5-4-12-3-2-7-17-15(12)9-14/h2-5,7,9,13H,1,6,8,10,16H2. The summed E-state index contributed by atoms with van der Waals surface area (Å²) in [5.74, 6) is 0.421. The molecule has 0 amide bonds. The fraction of sp³-hybridized carbons (Fsp3) is 0.267. The fourth-order valence-electron chi connectivity index (χ4n) is 2.55. The highest BCUT2D eigenvalue weighted by molar-refractivity contribution is 5.82. The third-order valence-corrected chi connectivity index (χ3v) is 3.67. The summed E-state index contributed by atoms with van der Waals surface area (Å²) in [5, 5.41) is 1.18. The Bertz CT molecular complexity index is 591. The van der Waals surface area contributed by atoms with Gasteiger partial charge in [-0.15, -0.1) is 0 Å². The minimum absolute atomic E-state index is 0.421. The van der Waals surface area contributed by atoms with Crippen molar-refractivity contribution in [2.75, 3.05) is 18.0 Å². The van der Waals surface area contributed by atoms with Gasteiger partial charge in [-0.3, -0.25) is 4.98 Å². The maximum absolute atomic E-state index is 5.80. The highest BCUT2D eigenvalue weighted by Crippen LogP contribution is 2.27. The van der Waals surface area contributed by atoms with Gasteiger partial charge < -0.3 is 10.6 Å². The van der Waals surface area contributed by atoms with E-state index >= 15 is 0 Å². The lowest BCUT2D eigenvalue weighted by atomic mass is 10.1. The summed E-state index contributed by atoms with van der Waals surface area (Å²) in [5.41, 5.74) is 8.87. The van der Waals surface area contributed by atoms with E-state index in [1.807, 2.05) is 12.3 Å². The van der Waals surface area contributed by atoms with Crippen LogP contribution in [0.15, 0.2) is 48.8 Å². The molecule has 1 aliphatic rings. The quantitative estimate of drug-likeness (QED) is 0.875. The number of anilines is 1.